The lowest BCUT2D eigenvalue weighted by atomic mass is 10.1. The van der Waals surface area contributed by atoms with Gasteiger partial charge in [-0.3, -0.25) is 15.0 Å². The largest absolute Gasteiger partial charge is 0.416 e. The van der Waals surface area contributed by atoms with Crippen molar-refractivity contribution in [3.63, 3.8) is 0 Å². The third-order valence-electron chi connectivity index (χ3n) is 22.5. The molecule has 0 aliphatic carbocycles. The van der Waals surface area contributed by atoms with Crippen molar-refractivity contribution >= 4 is 112 Å². The quantitative estimate of drug-likeness (QED) is 0.134. The summed E-state index contributed by atoms with van der Waals surface area (Å²) in [5.74, 6) is 0. The molecule has 0 N–H and O–H groups in total. The zero-order valence-electron chi connectivity index (χ0n) is 69.7. The summed E-state index contributed by atoms with van der Waals surface area (Å²) in [6.45, 7) is 18.0. The Morgan fingerprint density at radius 2 is 0.691 bits per heavy atom. The van der Waals surface area contributed by atoms with Crippen molar-refractivity contribution < 1.29 is 35.8 Å². The molecule has 0 amide bonds. The summed E-state index contributed by atoms with van der Waals surface area (Å²) in [5, 5.41) is 7.72. The van der Waals surface area contributed by atoms with E-state index in [9.17, 15) is 26.3 Å². The number of hydrogen-bond donors (Lipinski definition) is 0. The van der Waals surface area contributed by atoms with Gasteiger partial charge in [0.25, 0.3) is 0 Å². The van der Waals surface area contributed by atoms with Crippen molar-refractivity contribution in [1.29, 1.82) is 0 Å². The van der Waals surface area contributed by atoms with E-state index in [0.717, 1.165) is 198 Å². The number of aromatic nitrogens is 9. The summed E-state index contributed by atoms with van der Waals surface area (Å²) < 4.78 is 101. The number of benzene rings is 9. The van der Waals surface area contributed by atoms with E-state index in [1.807, 2.05) is 120 Å². The summed E-state index contributed by atoms with van der Waals surface area (Å²) in [6.07, 6.45) is -4.90. The molecule has 21 heteroatoms. The van der Waals surface area contributed by atoms with Crippen molar-refractivity contribution in [2.75, 3.05) is 26.4 Å². The number of fused-ring (bicyclic) bond motifs is 6. The third-order valence-corrected chi connectivity index (χ3v) is 23.5. The highest BCUT2D eigenvalue weighted by Gasteiger charge is 2.33. The first-order valence-electron chi connectivity index (χ1n) is 40.7. The fraction of sp³-hybridized carbons (Fsp3) is 0.206. The van der Waals surface area contributed by atoms with Crippen LogP contribution in [0.15, 0.2) is 273 Å². The number of hydrogen-bond acceptors (Lipinski definition) is 5. The molecule has 2 atom stereocenters. The lowest BCUT2D eigenvalue weighted by Crippen LogP contribution is -2.10. The van der Waals surface area contributed by atoms with Crippen LogP contribution in [0.25, 0.3) is 133 Å². The minimum atomic E-state index is -4.32. The molecule has 0 saturated carbocycles. The van der Waals surface area contributed by atoms with E-state index in [4.69, 9.17) is 55.9 Å². The van der Waals surface area contributed by atoms with Crippen molar-refractivity contribution in [2.45, 2.75) is 92.3 Å². The first-order chi connectivity index (χ1) is 59.0. The van der Waals surface area contributed by atoms with Crippen LogP contribution < -0.4 is 0 Å². The van der Waals surface area contributed by atoms with E-state index >= 15 is 0 Å². The molecule has 20 rings (SSSR count). The number of pyridine rings is 3. The van der Waals surface area contributed by atoms with E-state index in [0.29, 0.717) is 26.4 Å². The van der Waals surface area contributed by atoms with Crippen LogP contribution >= 0.6 is 46.4 Å². The highest BCUT2D eigenvalue weighted by molar-refractivity contribution is 6.32. The van der Waals surface area contributed by atoms with E-state index in [1.54, 1.807) is 24.3 Å². The zero-order chi connectivity index (χ0) is 86.7. The van der Waals surface area contributed by atoms with Gasteiger partial charge in [0, 0.05) is 139 Å². The van der Waals surface area contributed by atoms with Crippen molar-refractivity contribution in [1.82, 2.24) is 42.4 Å². The normalized spacial score (nSPS) is 14.0. The van der Waals surface area contributed by atoms with Crippen LogP contribution in [0.1, 0.15) is 76.7 Å². The molecule has 11 heterocycles. The first-order valence-corrected chi connectivity index (χ1v) is 42.2. The van der Waals surface area contributed by atoms with Gasteiger partial charge in [0.2, 0.25) is 0 Å². The maximum Gasteiger partial charge on any atom is 0.416 e. The van der Waals surface area contributed by atoms with Crippen LogP contribution in [-0.4, -0.2) is 68.8 Å². The smallest absolute Gasteiger partial charge is 0.379 e. The SMILES string of the molecule is CCn1c(-c2cccc(Cl)c2)cc2nc(C)ccc21.Cc1cc2cc(-c3cccc(Cl)c3)n(C)c2cn1.Cc1ccc2c(c1)cc(-c1ccc(C(F)(F)F)cc1)n2[C@@H]1CCOC1.Cc1ccc2c(c1)cc(-c1ccc(C(F)(F)F)cc1)n2[C@H]1CCOC1.Cc1ccc2c(c1)cc(-c1cccc(Cl)c1)n2C.Cc1ccc2c(cc(-c3cccc(Cl)c3)n2C)n1. The molecule has 123 heavy (non-hydrogen) atoms. The number of rotatable bonds is 9. The van der Waals surface area contributed by atoms with Gasteiger partial charge in [0.1, 0.15) is 0 Å². The molecule has 9 aromatic carbocycles. The fourth-order valence-electron chi connectivity index (χ4n) is 16.4. The summed E-state index contributed by atoms with van der Waals surface area (Å²) in [4.78, 5) is 13.5. The Labute approximate surface area is 730 Å². The predicted molar refractivity (Wildman–Crippen MR) is 494 cm³/mol. The second-order valence-electron chi connectivity index (χ2n) is 31.4. The molecule has 2 aliphatic rings. The van der Waals surface area contributed by atoms with E-state index < -0.39 is 23.5 Å². The Morgan fingerprint density at radius 1 is 0.341 bits per heavy atom. The number of aryl methyl sites for hydroxylation is 10. The van der Waals surface area contributed by atoms with E-state index in [1.165, 1.54) is 33.1 Å². The summed E-state index contributed by atoms with van der Waals surface area (Å²) in [5.41, 5.74) is 27.0. The van der Waals surface area contributed by atoms with Crippen LogP contribution in [0.5, 0.6) is 0 Å². The molecule has 0 spiro atoms. The number of nitrogens with zero attached hydrogens (tertiary/aromatic N) is 9. The number of halogens is 10. The monoisotopic (exact) mass is 1730 g/mol. The summed E-state index contributed by atoms with van der Waals surface area (Å²) in [7, 11) is 6.19. The van der Waals surface area contributed by atoms with Gasteiger partial charge < -0.3 is 36.9 Å². The number of alkyl halides is 6. The Balaban J connectivity index is 0.000000115. The predicted octanol–water partition coefficient (Wildman–Crippen LogP) is 29.1. The zero-order valence-corrected chi connectivity index (χ0v) is 72.7. The standard InChI is InChI=1S/2C20H18F3NO.C16H15ClN2.C16H14ClN.2C15H13ClN2/c2*1-13-2-7-18-15(10-13)11-19(24(18)17-8-9-25-12-17)14-3-5-16(6-4-14)20(21,22)23;1-3-19-15-8-7-11(2)18-14(15)10-16(19)12-5-4-6-13(17)9-12;1-11-6-7-15-13(8-11)10-16(18(15)2)12-4-3-5-14(17)9-12;1-10-6-12-8-14(18(2)15(12)9-17-10)11-4-3-5-13(16)7-11;1-10-6-7-14-13(17-10)9-15(18(14)2)11-4-3-5-12(16)8-11/h2*2-7,10-11,17H,8-9,12H2,1H3;4-10H,3H2,1-2H3;3-10H,1-2H3;2*3-9H,1-2H3/t2*17-;;;;/m10..../s1. The summed E-state index contributed by atoms with van der Waals surface area (Å²) >= 11 is 24.2. The van der Waals surface area contributed by atoms with Gasteiger partial charge in [-0.25, -0.2) is 0 Å². The first kappa shape index (κ1) is 86.3. The molecular weight excluding hydrogens is 1640 g/mol. The highest BCUT2D eigenvalue weighted by Crippen LogP contribution is 2.41. The van der Waals surface area contributed by atoms with E-state index in [-0.39, 0.29) is 12.1 Å². The Hall–Kier alpha value is -11.7. The van der Waals surface area contributed by atoms with Crippen molar-refractivity contribution in [3.8, 4) is 67.5 Å². The lowest BCUT2D eigenvalue weighted by molar-refractivity contribution is -0.138. The molecule has 2 aliphatic heterocycles. The van der Waals surface area contributed by atoms with Crippen molar-refractivity contribution in [3.05, 3.63) is 338 Å². The van der Waals surface area contributed by atoms with E-state index in [2.05, 4.69) is 217 Å². The minimum absolute atomic E-state index is 0.206. The van der Waals surface area contributed by atoms with Crippen LogP contribution in [-0.2, 0) is 49.5 Å². The molecule has 11 nitrogen and oxygen atoms in total. The molecule has 0 radical (unpaired) electrons. The Morgan fingerprint density at radius 3 is 1.10 bits per heavy atom. The van der Waals surface area contributed by atoms with Gasteiger partial charge >= 0.3 is 12.4 Å². The number of ether oxygens (including phenoxy) is 2. The van der Waals surface area contributed by atoms with Crippen molar-refractivity contribution in [2.24, 2.45) is 21.1 Å². The second-order valence-corrected chi connectivity index (χ2v) is 33.1. The Kier molecular flexibility index (Phi) is 25.8. The Bertz CT molecular complexity index is 6400. The van der Waals surface area contributed by atoms with Gasteiger partial charge in [-0.15, -0.1) is 0 Å². The van der Waals surface area contributed by atoms with Crippen LogP contribution in [0.4, 0.5) is 26.3 Å². The lowest BCUT2D eigenvalue weighted by Gasteiger charge is -2.17. The maximum absolute atomic E-state index is 12.8. The molecule has 2 fully saturated rings. The van der Waals surface area contributed by atoms with Gasteiger partial charge in [0.15, 0.2) is 0 Å². The fourth-order valence-corrected chi connectivity index (χ4v) is 17.2. The highest BCUT2D eigenvalue weighted by atomic mass is 35.5. The third kappa shape index (κ3) is 19.4. The maximum atomic E-state index is 12.8. The van der Waals surface area contributed by atoms with Crippen LogP contribution in [0, 0.1) is 41.5 Å². The average Bonchev–Trinajstić information content (AvgIpc) is 1.63. The molecule has 0 bridgehead atoms. The summed E-state index contributed by atoms with van der Waals surface area (Å²) in [6, 6.07) is 85.1. The molecule has 0 unspecified atom stereocenters. The van der Waals surface area contributed by atoms with Gasteiger partial charge in [-0.05, 0) is 271 Å². The van der Waals surface area contributed by atoms with Gasteiger partial charge in [0.05, 0.1) is 81.6 Å². The van der Waals surface area contributed by atoms with Gasteiger partial charge in [-0.1, -0.05) is 154 Å². The molecule has 18 aromatic rings. The van der Waals surface area contributed by atoms with Crippen LogP contribution in [0.3, 0.4) is 0 Å². The average molecular weight is 1730 g/mol. The second kappa shape index (κ2) is 36.8. The topological polar surface area (TPSA) is 86.7 Å². The molecule has 2 saturated heterocycles. The van der Waals surface area contributed by atoms with Crippen LogP contribution in [0.2, 0.25) is 20.1 Å². The van der Waals surface area contributed by atoms with Gasteiger partial charge in [-0.2, -0.15) is 26.3 Å². The molecule has 626 valence electrons. The minimum Gasteiger partial charge on any atom is -0.379 e. The molecule has 9 aromatic heterocycles. The molecular formula is C102H91Cl4F6N9O2.